The van der Waals surface area contributed by atoms with Gasteiger partial charge in [0.05, 0.1) is 11.8 Å². The van der Waals surface area contributed by atoms with E-state index in [0.717, 1.165) is 38.1 Å². The monoisotopic (exact) mass is 293 g/mol. The Morgan fingerprint density at radius 3 is 2.71 bits per heavy atom. The van der Waals surface area contributed by atoms with Crippen molar-refractivity contribution in [3.05, 3.63) is 18.0 Å². The molecule has 1 saturated carbocycles. The van der Waals surface area contributed by atoms with Gasteiger partial charge in [0.2, 0.25) is 0 Å². The van der Waals surface area contributed by atoms with Gasteiger partial charge in [0.25, 0.3) is 0 Å². The highest BCUT2D eigenvalue weighted by Crippen LogP contribution is 2.37. The largest absolute Gasteiger partial charge is 0.377 e. The minimum Gasteiger partial charge on any atom is -0.377 e. The summed E-state index contributed by atoms with van der Waals surface area (Å²) in [5.41, 5.74) is 1.28. The summed E-state index contributed by atoms with van der Waals surface area (Å²) in [5.74, 6) is 0.832. The normalized spacial score (nSPS) is 27.7. The molecule has 1 aromatic rings. The lowest BCUT2D eigenvalue weighted by atomic mass is 9.74. The SMILES string of the molecule is CCCNC(Cc1cnn(C)c1)C1(OC)CCC(C)CC1. The molecule has 1 aromatic heterocycles. The van der Waals surface area contributed by atoms with E-state index in [1.54, 1.807) is 0 Å². The second-order valence-electron chi connectivity index (χ2n) is 6.68. The van der Waals surface area contributed by atoms with E-state index in [-0.39, 0.29) is 5.60 Å². The van der Waals surface area contributed by atoms with Crippen LogP contribution in [0.4, 0.5) is 0 Å². The Morgan fingerprint density at radius 2 is 2.19 bits per heavy atom. The lowest BCUT2D eigenvalue weighted by molar-refractivity contribution is -0.0745. The third-order valence-electron chi connectivity index (χ3n) is 5.00. The molecule has 0 spiro atoms. The average molecular weight is 293 g/mol. The van der Waals surface area contributed by atoms with Gasteiger partial charge in [-0.05, 0) is 56.6 Å². The lowest BCUT2D eigenvalue weighted by Gasteiger charge is -2.44. The summed E-state index contributed by atoms with van der Waals surface area (Å²) in [5, 5.41) is 8.05. The van der Waals surface area contributed by atoms with Gasteiger partial charge in [0.1, 0.15) is 0 Å². The number of rotatable bonds is 7. The van der Waals surface area contributed by atoms with Crippen molar-refractivity contribution in [3.8, 4) is 0 Å². The third kappa shape index (κ3) is 4.07. The predicted octanol–water partition coefficient (Wildman–Crippen LogP) is 2.93. The van der Waals surface area contributed by atoms with E-state index in [0.29, 0.717) is 6.04 Å². The Balaban J connectivity index is 2.12. The molecule has 1 atom stereocenters. The van der Waals surface area contributed by atoms with Crippen LogP contribution >= 0.6 is 0 Å². The highest BCUT2D eigenvalue weighted by atomic mass is 16.5. The van der Waals surface area contributed by atoms with Crippen molar-refractivity contribution < 1.29 is 4.74 Å². The number of aromatic nitrogens is 2. The van der Waals surface area contributed by atoms with Crippen LogP contribution in [-0.2, 0) is 18.2 Å². The molecule has 0 aromatic carbocycles. The van der Waals surface area contributed by atoms with Gasteiger partial charge in [-0.3, -0.25) is 4.68 Å². The number of nitrogens with one attached hydrogen (secondary N) is 1. The molecule has 120 valence electrons. The van der Waals surface area contributed by atoms with Crippen LogP contribution < -0.4 is 5.32 Å². The van der Waals surface area contributed by atoms with Crippen LogP contribution in [0.1, 0.15) is 51.5 Å². The van der Waals surface area contributed by atoms with Crippen LogP contribution in [0.15, 0.2) is 12.4 Å². The molecule has 21 heavy (non-hydrogen) atoms. The Morgan fingerprint density at radius 1 is 1.48 bits per heavy atom. The molecule has 1 unspecified atom stereocenters. The van der Waals surface area contributed by atoms with Crippen LogP contribution in [0.25, 0.3) is 0 Å². The van der Waals surface area contributed by atoms with Crippen LogP contribution in [0.5, 0.6) is 0 Å². The molecular formula is C17H31N3O. The summed E-state index contributed by atoms with van der Waals surface area (Å²) in [6, 6.07) is 0.374. The third-order valence-corrected chi connectivity index (χ3v) is 5.00. The molecule has 1 N–H and O–H groups in total. The minimum absolute atomic E-state index is 0.0163. The maximum atomic E-state index is 6.08. The number of methoxy groups -OCH3 is 1. The maximum absolute atomic E-state index is 6.08. The number of aryl methyl sites for hydroxylation is 1. The second kappa shape index (κ2) is 7.41. The lowest BCUT2D eigenvalue weighted by Crippen LogP contribution is -2.55. The van der Waals surface area contributed by atoms with Gasteiger partial charge in [-0.2, -0.15) is 5.10 Å². The van der Waals surface area contributed by atoms with Crippen molar-refractivity contribution in [2.75, 3.05) is 13.7 Å². The maximum Gasteiger partial charge on any atom is 0.0834 e. The van der Waals surface area contributed by atoms with Crippen LogP contribution in [0.3, 0.4) is 0 Å². The standard InChI is InChI=1S/C17H31N3O/c1-5-10-18-16(11-15-12-19-20(3)13-15)17(21-4)8-6-14(2)7-9-17/h12-14,16,18H,5-11H2,1-4H3. The Hall–Kier alpha value is -0.870. The highest BCUT2D eigenvalue weighted by Gasteiger charge is 2.41. The van der Waals surface area contributed by atoms with E-state index in [9.17, 15) is 0 Å². The topological polar surface area (TPSA) is 39.1 Å². The van der Waals surface area contributed by atoms with Gasteiger partial charge in [0.15, 0.2) is 0 Å². The van der Waals surface area contributed by atoms with Gasteiger partial charge < -0.3 is 10.1 Å². The zero-order valence-corrected chi connectivity index (χ0v) is 14.1. The average Bonchev–Trinajstić information content (AvgIpc) is 2.90. The van der Waals surface area contributed by atoms with Crippen molar-refractivity contribution in [2.45, 2.75) is 64.0 Å². The predicted molar refractivity (Wildman–Crippen MR) is 86.4 cm³/mol. The molecule has 0 amide bonds. The van der Waals surface area contributed by atoms with Gasteiger partial charge >= 0.3 is 0 Å². The van der Waals surface area contributed by atoms with Gasteiger partial charge in [-0.25, -0.2) is 0 Å². The highest BCUT2D eigenvalue weighted by molar-refractivity contribution is 5.10. The summed E-state index contributed by atoms with van der Waals surface area (Å²) in [4.78, 5) is 0. The molecular weight excluding hydrogens is 262 g/mol. The van der Waals surface area contributed by atoms with E-state index >= 15 is 0 Å². The summed E-state index contributed by atoms with van der Waals surface area (Å²) < 4.78 is 7.96. The molecule has 0 bridgehead atoms. The van der Waals surface area contributed by atoms with Crippen molar-refractivity contribution in [2.24, 2.45) is 13.0 Å². The number of hydrogen-bond acceptors (Lipinski definition) is 3. The van der Waals surface area contributed by atoms with Gasteiger partial charge in [-0.15, -0.1) is 0 Å². The van der Waals surface area contributed by atoms with E-state index in [2.05, 4.69) is 30.5 Å². The van der Waals surface area contributed by atoms with Crippen molar-refractivity contribution in [3.63, 3.8) is 0 Å². The van der Waals surface area contributed by atoms with Crippen molar-refractivity contribution >= 4 is 0 Å². The summed E-state index contributed by atoms with van der Waals surface area (Å²) >= 11 is 0. The smallest absolute Gasteiger partial charge is 0.0834 e. The van der Waals surface area contributed by atoms with Crippen molar-refractivity contribution in [1.82, 2.24) is 15.1 Å². The zero-order valence-electron chi connectivity index (χ0n) is 14.1. The summed E-state index contributed by atoms with van der Waals surface area (Å²) in [6.45, 7) is 5.62. The van der Waals surface area contributed by atoms with E-state index in [4.69, 9.17) is 4.74 Å². The van der Waals surface area contributed by atoms with Gasteiger partial charge in [-0.1, -0.05) is 13.8 Å². The van der Waals surface area contributed by atoms with E-state index < -0.39 is 0 Å². The van der Waals surface area contributed by atoms with Crippen LogP contribution in [0.2, 0.25) is 0 Å². The molecule has 0 radical (unpaired) electrons. The van der Waals surface area contributed by atoms with Gasteiger partial charge in [0, 0.05) is 26.4 Å². The first kappa shape index (κ1) is 16.5. The molecule has 4 heteroatoms. The molecule has 1 fully saturated rings. The number of nitrogens with zero attached hydrogens (tertiary/aromatic N) is 2. The molecule has 4 nitrogen and oxygen atoms in total. The van der Waals surface area contributed by atoms with E-state index in [1.807, 2.05) is 25.0 Å². The summed E-state index contributed by atoms with van der Waals surface area (Å²) in [7, 11) is 3.87. The first-order valence-corrected chi connectivity index (χ1v) is 8.35. The molecule has 1 heterocycles. The van der Waals surface area contributed by atoms with Crippen LogP contribution in [-0.4, -0.2) is 35.1 Å². The van der Waals surface area contributed by atoms with Crippen LogP contribution in [0, 0.1) is 5.92 Å². The van der Waals surface area contributed by atoms with E-state index in [1.165, 1.54) is 18.4 Å². The van der Waals surface area contributed by atoms with Crippen molar-refractivity contribution in [1.29, 1.82) is 0 Å². The Kier molecular flexibility index (Phi) is 5.82. The molecule has 2 rings (SSSR count). The summed E-state index contributed by atoms with van der Waals surface area (Å²) in [6.07, 6.45) is 11.1. The molecule has 0 saturated heterocycles. The first-order chi connectivity index (χ1) is 10.1. The molecule has 0 aliphatic heterocycles. The second-order valence-corrected chi connectivity index (χ2v) is 6.68. The fraction of sp³-hybridized carbons (Fsp3) is 0.824. The quantitative estimate of drug-likeness (QED) is 0.840. The fourth-order valence-electron chi connectivity index (χ4n) is 3.52. The first-order valence-electron chi connectivity index (χ1n) is 8.35. The fourth-order valence-corrected chi connectivity index (χ4v) is 3.52. The zero-order chi connectivity index (χ0) is 15.3. The minimum atomic E-state index is -0.0163. The molecule has 1 aliphatic carbocycles. The number of ether oxygens (including phenoxy) is 1. The Bertz CT molecular complexity index is 421. The Labute approximate surface area is 129 Å². The number of hydrogen-bond donors (Lipinski definition) is 1. The molecule has 1 aliphatic rings.